The molecule has 0 spiro atoms. The van der Waals surface area contributed by atoms with E-state index in [4.69, 9.17) is 9.47 Å². The molecular formula is C22H28N4O2. The quantitative estimate of drug-likeness (QED) is 0.716. The van der Waals surface area contributed by atoms with E-state index in [0.717, 1.165) is 46.6 Å². The van der Waals surface area contributed by atoms with E-state index in [2.05, 4.69) is 20.2 Å². The molecule has 2 aliphatic rings. The molecule has 1 fully saturated rings. The van der Waals surface area contributed by atoms with Gasteiger partial charge >= 0.3 is 0 Å². The standard InChI is InChI=1S/C22H28N4O2/c1-16-23-18-7-5-8-19(22(18)24-16)25-17-9-10-20(27-2)21(15-17)28-14-6-13-26-11-3-4-12-26/h5,7-10,15-16,25H,3-4,6,11-14H2,1-2H3. The molecule has 0 bridgehead atoms. The molecule has 1 unspecified atom stereocenters. The van der Waals surface area contributed by atoms with Gasteiger partial charge in [-0.15, -0.1) is 0 Å². The highest BCUT2D eigenvalue weighted by atomic mass is 16.5. The number of anilines is 2. The summed E-state index contributed by atoms with van der Waals surface area (Å²) in [7, 11) is 1.67. The maximum atomic E-state index is 6.04. The van der Waals surface area contributed by atoms with Crippen molar-refractivity contribution in [3.8, 4) is 11.5 Å². The smallest absolute Gasteiger partial charge is 0.163 e. The van der Waals surface area contributed by atoms with Gasteiger partial charge in [-0.05, 0) is 63.5 Å². The Morgan fingerprint density at radius 2 is 1.96 bits per heavy atom. The van der Waals surface area contributed by atoms with Crippen LogP contribution in [0.3, 0.4) is 0 Å². The minimum Gasteiger partial charge on any atom is -0.493 e. The first-order valence-electron chi connectivity index (χ1n) is 10.1. The molecule has 1 saturated heterocycles. The fourth-order valence-corrected chi connectivity index (χ4v) is 3.79. The Balaban J connectivity index is 1.44. The molecule has 6 heteroatoms. The zero-order valence-corrected chi connectivity index (χ0v) is 16.6. The van der Waals surface area contributed by atoms with E-state index in [-0.39, 0.29) is 6.17 Å². The molecular weight excluding hydrogens is 352 g/mol. The summed E-state index contributed by atoms with van der Waals surface area (Å²) in [6.07, 6.45) is 3.64. The lowest BCUT2D eigenvalue weighted by molar-refractivity contribution is 0.254. The average Bonchev–Trinajstić information content (AvgIpc) is 3.34. The second kappa shape index (κ2) is 8.61. The van der Waals surface area contributed by atoms with Crippen molar-refractivity contribution in [1.82, 2.24) is 4.90 Å². The van der Waals surface area contributed by atoms with E-state index in [1.165, 1.54) is 25.9 Å². The third-order valence-corrected chi connectivity index (χ3v) is 5.17. The van der Waals surface area contributed by atoms with Gasteiger partial charge in [-0.3, -0.25) is 9.98 Å². The number of hydrogen-bond acceptors (Lipinski definition) is 6. The van der Waals surface area contributed by atoms with E-state index in [1.807, 2.05) is 43.3 Å². The largest absolute Gasteiger partial charge is 0.493 e. The van der Waals surface area contributed by atoms with Crippen LogP contribution in [0.2, 0.25) is 0 Å². The van der Waals surface area contributed by atoms with E-state index in [0.29, 0.717) is 6.61 Å². The first-order valence-corrected chi connectivity index (χ1v) is 10.1. The lowest BCUT2D eigenvalue weighted by Crippen LogP contribution is -2.24. The summed E-state index contributed by atoms with van der Waals surface area (Å²) in [6.45, 7) is 6.22. The zero-order chi connectivity index (χ0) is 19.3. The lowest BCUT2D eigenvalue weighted by atomic mass is 10.2. The maximum absolute atomic E-state index is 6.04. The average molecular weight is 380 g/mol. The molecule has 2 aliphatic heterocycles. The number of nitrogens with one attached hydrogen (secondary N) is 1. The number of benzene rings is 2. The van der Waals surface area contributed by atoms with Crippen LogP contribution in [0.1, 0.15) is 26.2 Å². The van der Waals surface area contributed by atoms with Gasteiger partial charge in [0.2, 0.25) is 0 Å². The molecule has 2 aromatic carbocycles. The van der Waals surface area contributed by atoms with Crippen LogP contribution in [0.15, 0.2) is 46.4 Å². The molecule has 1 atom stereocenters. The van der Waals surface area contributed by atoms with Crippen molar-refractivity contribution in [2.24, 2.45) is 9.98 Å². The van der Waals surface area contributed by atoms with Crippen LogP contribution in [-0.2, 0) is 0 Å². The molecule has 6 nitrogen and oxygen atoms in total. The number of likely N-dealkylation sites (tertiary alicyclic amines) is 1. The first-order chi connectivity index (χ1) is 13.7. The van der Waals surface area contributed by atoms with Gasteiger partial charge in [-0.2, -0.15) is 0 Å². The fraction of sp³-hybridized carbons (Fsp3) is 0.455. The summed E-state index contributed by atoms with van der Waals surface area (Å²) in [4.78, 5) is 11.6. The molecule has 1 N–H and O–H groups in total. The van der Waals surface area contributed by atoms with Crippen molar-refractivity contribution >= 4 is 11.4 Å². The van der Waals surface area contributed by atoms with Gasteiger partial charge < -0.3 is 19.7 Å². The number of rotatable bonds is 8. The van der Waals surface area contributed by atoms with Crippen LogP contribution < -0.4 is 25.5 Å². The van der Waals surface area contributed by atoms with Crippen LogP contribution in [-0.4, -0.2) is 44.4 Å². The monoisotopic (exact) mass is 380 g/mol. The highest BCUT2D eigenvalue weighted by molar-refractivity contribution is 5.63. The number of ether oxygens (including phenoxy) is 2. The molecule has 0 aromatic heterocycles. The van der Waals surface area contributed by atoms with Crippen LogP contribution >= 0.6 is 0 Å². The van der Waals surface area contributed by atoms with Crippen molar-refractivity contribution in [2.45, 2.75) is 32.4 Å². The van der Waals surface area contributed by atoms with E-state index in [9.17, 15) is 0 Å². The van der Waals surface area contributed by atoms with Crippen LogP contribution in [0.25, 0.3) is 0 Å². The summed E-state index contributed by atoms with van der Waals surface area (Å²) in [6, 6.07) is 11.9. The molecule has 0 amide bonds. The van der Waals surface area contributed by atoms with Crippen molar-refractivity contribution in [3.63, 3.8) is 0 Å². The summed E-state index contributed by atoms with van der Waals surface area (Å²) >= 11 is 0. The summed E-state index contributed by atoms with van der Waals surface area (Å²) in [5, 5.41) is 5.30. The molecule has 4 rings (SSSR count). The minimum absolute atomic E-state index is 0.0247. The molecule has 0 aliphatic carbocycles. The molecule has 0 saturated carbocycles. The maximum Gasteiger partial charge on any atom is 0.163 e. The highest BCUT2D eigenvalue weighted by Crippen LogP contribution is 2.31. The van der Waals surface area contributed by atoms with Gasteiger partial charge in [0.1, 0.15) is 11.5 Å². The molecule has 2 aromatic rings. The fourth-order valence-electron chi connectivity index (χ4n) is 3.79. The van der Waals surface area contributed by atoms with Crippen molar-refractivity contribution in [3.05, 3.63) is 47.1 Å². The van der Waals surface area contributed by atoms with Crippen LogP contribution in [0.4, 0.5) is 11.4 Å². The Bertz CT molecular complexity index is 938. The predicted molar refractivity (Wildman–Crippen MR) is 110 cm³/mol. The Hall–Kier alpha value is -2.60. The SMILES string of the molecule is COc1ccc(Nc2cccc3c2=NC(C)N=3)cc1OCCCN1CCCC1. The van der Waals surface area contributed by atoms with E-state index in [1.54, 1.807) is 7.11 Å². The summed E-state index contributed by atoms with van der Waals surface area (Å²) in [5.41, 5.74) is 1.90. The van der Waals surface area contributed by atoms with Crippen LogP contribution in [0, 0.1) is 0 Å². The minimum atomic E-state index is -0.0247. The topological polar surface area (TPSA) is 58.4 Å². The third-order valence-electron chi connectivity index (χ3n) is 5.17. The van der Waals surface area contributed by atoms with Crippen LogP contribution in [0.5, 0.6) is 11.5 Å². The molecule has 148 valence electrons. The normalized spacial score (nSPS) is 18.3. The predicted octanol–water partition coefficient (Wildman–Crippen LogP) is 2.90. The number of fused-ring (bicyclic) bond motifs is 1. The van der Waals surface area contributed by atoms with Gasteiger partial charge in [-0.25, -0.2) is 0 Å². The van der Waals surface area contributed by atoms with E-state index < -0.39 is 0 Å². The number of para-hydroxylation sites is 1. The third kappa shape index (κ3) is 4.28. The van der Waals surface area contributed by atoms with Crippen molar-refractivity contribution < 1.29 is 9.47 Å². The van der Waals surface area contributed by atoms with Gasteiger partial charge in [0.15, 0.2) is 11.5 Å². The highest BCUT2D eigenvalue weighted by Gasteiger charge is 2.12. The van der Waals surface area contributed by atoms with Gasteiger partial charge in [0.25, 0.3) is 0 Å². The van der Waals surface area contributed by atoms with Gasteiger partial charge in [0.05, 0.1) is 24.8 Å². The first kappa shape index (κ1) is 18.7. The second-order valence-electron chi connectivity index (χ2n) is 7.30. The Kier molecular flexibility index (Phi) is 5.76. The summed E-state index contributed by atoms with van der Waals surface area (Å²) in [5.74, 6) is 1.51. The van der Waals surface area contributed by atoms with Gasteiger partial charge in [-0.1, -0.05) is 6.07 Å². The molecule has 0 radical (unpaired) electrons. The molecule has 2 heterocycles. The Morgan fingerprint density at radius 3 is 2.79 bits per heavy atom. The summed E-state index contributed by atoms with van der Waals surface area (Å²) < 4.78 is 11.5. The Labute approximate surface area is 165 Å². The molecule has 28 heavy (non-hydrogen) atoms. The second-order valence-corrected chi connectivity index (χ2v) is 7.30. The Morgan fingerprint density at radius 1 is 1.11 bits per heavy atom. The lowest BCUT2D eigenvalue weighted by Gasteiger charge is -2.16. The zero-order valence-electron chi connectivity index (χ0n) is 16.6. The van der Waals surface area contributed by atoms with Gasteiger partial charge in [0, 0.05) is 18.3 Å². The van der Waals surface area contributed by atoms with Crippen molar-refractivity contribution in [1.29, 1.82) is 0 Å². The number of nitrogens with zero attached hydrogens (tertiary/aromatic N) is 3. The van der Waals surface area contributed by atoms with E-state index >= 15 is 0 Å². The van der Waals surface area contributed by atoms with Crippen molar-refractivity contribution in [2.75, 3.05) is 38.7 Å². The number of hydrogen-bond donors (Lipinski definition) is 1. The number of methoxy groups -OCH3 is 1.